The van der Waals surface area contributed by atoms with Gasteiger partial charge in [-0.2, -0.15) is 0 Å². The Labute approximate surface area is 74.6 Å². The van der Waals surface area contributed by atoms with E-state index in [1.54, 1.807) is 0 Å². The van der Waals surface area contributed by atoms with Crippen LogP contribution in [0.25, 0.3) is 0 Å². The van der Waals surface area contributed by atoms with Crippen molar-refractivity contribution < 1.29 is 67.7 Å². The number of hydrogen-bond donors (Lipinski definition) is 0. The van der Waals surface area contributed by atoms with Crippen LogP contribution in [0.2, 0.25) is 0 Å². The van der Waals surface area contributed by atoms with E-state index in [9.17, 15) is 0 Å². The van der Waals surface area contributed by atoms with Crippen LogP contribution in [-0.2, 0) is 67.7 Å². The fourth-order valence-electron chi connectivity index (χ4n) is 0. The van der Waals surface area contributed by atoms with Crippen LogP contribution >= 0.6 is 0 Å². The molecule has 0 fully saturated rings. The van der Waals surface area contributed by atoms with E-state index in [4.69, 9.17) is 0 Å². The summed E-state index contributed by atoms with van der Waals surface area (Å²) in [6.07, 6.45) is 0. The van der Waals surface area contributed by atoms with Crippen LogP contribution in [0.5, 0.6) is 0 Å². The minimum absolute atomic E-state index is 0. The van der Waals surface area contributed by atoms with Crippen LogP contribution in [0.1, 0.15) is 7.43 Å². The standard InChI is InChI=1S/CH4.Cu.Fe.Mn.Ni/h1H4;;;;. The number of hydrogen-bond acceptors (Lipinski definition) is 0. The smallest absolute Gasteiger partial charge is 0 e. The molecule has 0 nitrogen and oxygen atoms in total. The third-order valence-corrected chi connectivity index (χ3v) is 0. The van der Waals surface area contributed by atoms with Gasteiger partial charge in [0, 0.05) is 67.7 Å². The first-order valence-electron chi connectivity index (χ1n) is 0. The molecule has 0 rings (SSSR count). The van der Waals surface area contributed by atoms with Crippen LogP contribution in [0, 0.1) is 0 Å². The molecule has 0 spiro atoms. The van der Waals surface area contributed by atoms with Gasteiger partial charge in [-0.05, 0) is 0 Å². The van der Waals surface area contributed by atoms with Gasteiger partial charge >= 0.3 is 0 Å². The van der Waals surface area contributed by atoms with Gasteiger partial charge in [0.1, 0.15) is 0 Å². The maximum absolute atomic E-state index is 0. The van der Waals surface area contributed by atoms with Gasteiger partial charge in [0.05, 0.1) is 0 Å². The molecule has 2 radical (unpaired) electrons. The molecule has 0 aromatic heterocycles. The molecule has 0 aliphatic heterocycles. The first-order chi connectivity index (χ1) is 0. The molecule has 0 saturated carbocycles. The van der Waals surface area contributed by atoms with Crippen molar-refractivity contribution in [2.75, 3.05) is 0 Å². The normalized spacial score (nSPS) is 0. The summed E-state index contributed by atoms with van der Waals surface area (Å²) in [5, 5.41) is 0. The van der Waals surface area contributed by atoms with E-state index in [0.29, 0.717) is 0 Å². The fourth-order valence-corrected chi connectivity index (χ4v) is 0. The van der Waals surface area contributed by atoms with Crippen LogP contribution in [0.4, 0.5) is 0 Å². The van der Waals surface area contributed by atoms with Crippen molar-refractivity contribution in [3.63, 3.8) is 0 Å². The van der Waals surface area contributed by atoms with Crippen molar-refractivity contribution >= 4 is 0 Å². The molecule has 0 unspecified atom stereocenters. The van der Waals surface area contributed by atoms with Crippen LogP contribution in [0.15, 0.2) is 0 Å². The van der Waals surface area contributed by atoms with Crippen molar-refractivity contribution in [1.29, 1.82) is 0 Å². The Bertz CT molecular complexity index is 11.6. The zero-order chi connectivity index (χ0) is 0. The molecule has 0 aromatic rings. The minimum atomic E-state index is 0. The molecule has 0 saturated heterocycles. The maximum atomic E-state index is 0. The quantitative estimate of drug-likeness (QED) is 0.552. The van der Waals surface area contributed by atoms with Gasteiger partial charge in [-0.25, -0.2) is 0 Å². The van der Waals surface area contributed by atoms with Gasteiger partial charge in [-0.3, -0.25) is 0 Å². The van der Waals surface area contributed by atoms with Crippen LogP contribution in [-0.4, -0.2) is 0 Å². The predicted molar refractivity (Wildman–Crippen MR) is 6.73 cm³/mol. The molecule has 0 amide bonds. The fraction of sp³-hybridized carbons (Fsp3) is 1.00. The monoisotopic (exact) mass is 248 g/mol. The second-order valence-electron chi connectivity index (χ2n) is 0. The van der Waals surface area contributed by atoms with Crippen LogP contribution < -0.4 is 0 Å². The summed E-state index contributed by atoms with van der Waals surface area (Å²) in [4.78, 5) is 0. The first-order valence-corrected chi connectivity index (χ1v) is 0. The molecular weight excluding hydrogens is 245 g/mol. The molecule has 5 heavy (non-hydrogen) atoms. The van der Waals surface area contributed by atoms with Crippen molar-refractivity contribution in [1.82, 2.24) is 0 Å². The summed E-state index contributed by atoms with van der Waals surface area (Å²) in [5.41, 5.74) is 0. The summed E-state index contributed by atoms with van der Waals surface area (Å²) in [6, 6.07) is 0. The van der Waals surface area contributed by atoms with Gasteiger partial charge in [0.2, 0.25) is 0 Å². The summed E-state index contributed by atoms with van der Waals surface area (Å²) in [7, 11) is 0. The van der Waals surface area contributed by atoms with E-state index in [0.717, 1.165) is 0 Å². The second-order valence-corrected chi connectivity index (χ2v) is 0. The third-order valence-electron chi connectivity index (χ3n) is 0. The van der Waals surface area contributed by atoms with E-state index >= 15 is 0 Å². The summed E-state index contributed by atoms with van der Waals surface area (Å²) < 4.78 is 0. The zero-order valence-electron chi connectivity index (χ0n) is 1.35. The molecule has 4 heteroatoms. The van der Waals surface area contributed by atoms with E-state index in [1.807, 2.05) is 0 Å². The van der Waals surface area contributed by atoms with Crippen molar-refractivity contribution in [3.05, 3.63) is 0 Å². The Hall–Kier alpha value is 2.05. The Balaban J connectivity index is 0. The molecular formula is CH4CuFeMnNi. The maximum Gasteiger partial charge on any atom is 0 e. The largest absolute Gasteiger partial charge is 0.0776 e. The van der Waals surface area contributed by atoms with Crippen molar-refractivity contribution in [2.24, 2.45) is 0 Å². The van der Waals surface area contributed by atoms with E-state index < -0.39 is 0 Å². The van der Waals surface area contributed by atoms with Crippen molar-refractivity contribution in [2.45, 2.75) is 7.43 Å². The van der Waals surface area contributed by atoms with Gasteiger partial charge in [-0.15, -0.1) is 0 Å². The van der Waals surface area contributed by atoms with Gasteiger partial charge in [-0.1, -0.05) is 7.43 Å². The summed E-state index contributed by atoms with van der Waals surface area (Å²) in [6.45, 7) is 0. The molecule has 0 atom stereocenters. The molecule has 0 N–H and O–H groups in total. The molecule has 0 aliphatic rings. The van der Waals surface area contributed by atoms with E-state index in [-0.39, 0.29) is 75.1 Å². The predicted octanol–water partition coefficient (Wildman–Crippen LogP) is 0.626. The first kappa shape index (κ1) is 61.3. The van der Waals surface area contributed by atoms with Crippen LogP contribution in [0.3, 0.4) is 0 Å². The molecule has 0 heterocycles. The van der Waals surface area contributed by atoms with Gasteiger partial charge < -0.3 is 0 Å². The van der Waals surface area contributed by atoms with Crippen molar-refractivity contribution in [3.8, 4) is 0 Å². The van der Waals surface area contributed by atoms with E-state index in [1.165, 1.54) is 0 Å². The Morgan fingerprint density at radius 1 is 1.00 bits per heavy atom. The molecule has 0 bridgehead atoms. The van der Waals surface area contributed by atoms with E-state index in [2.05, 4.69) is 0 Å². The molecule has 0 aromatic carbocycles. The average molecular weight is 249 g/mol. The summed E-state index contributed by atoms with van der Waals surface area (Å²) >= 11 is 0. The SMILES string of the molecule is C.[Cu].[Fe].[Mn].[Ni]. The second kappa shape index (κ2) is 36.7. The topological polar surface area (TPSA) is 0 Å². The minimum Gasteiger partial charge on any atom is -0.0776 e. The number of rotatable bonds is 0. The average Bonchev–Trinajstić information content (AvgIpc) is 0. The summed E-state index contributed by atoms with van der Waals surface area (Å²) in [5.74, 6) is 0. The Morgan fingerprint density at radius 2 is 1.00 bits per heavy atom. The Kier molecular flexibility index (Phi) is 450. The van der Waals surface area contributed by atoms with Gasteiger partial charge in [0.15, 0.2) is 0 Å². The van der Waals surface area contributed by atoms with Gasteiger partial charge in [0.25, 0.3) is 0 Å². The third kappa shape index (κ3) is 23.6. The molecule has 0 aliphatic carbocycles. The zero-order valence-corrected chi connectivity index (χ0v) is 5.56. The Morgan fingerprint density at radius 3 is 1.00 bits per heavy atom. The molecule has 44 valence electrons.